The van der Waals surface area contributed by atoms with Crippen LogP contribution in [0.15, 0.2) is 42.5 Å². The third-order valence-corrected chi connectivity index (χ3v) is 6.25. The molecule has 2 aliphatic heterocycles. The standard InChI is InChI=1S/C23H26ClNO7/c24-16-6-3-13(22-21(29)20(28)19(27)18(11-26)32-22)10-14(16)9-12-1-4-15(5-2-12)31-17-7-8-25-23(17)30/h1-6,10,17-22,26-29H,7-9,11H2,(H,25,30)/t17?,18-,19-,20?,21-,22+/m1/s1. The molecule has 2 aliphatic rings. The molecule has 2 saturated heterocycles. The molecule has 0 aromatic heterocycles. The number of benzene rings is 2. The lowest BCUT2D eigenvalue weighted by atomic mass is 9.90. The van der Waals surface area contributed by atoms with Crippen molar-refractivity contribution < 1.29 is 34.7 Å². The van der Waals surface area contributed by atoms with Gasteiger partial charge in [0.25, 0.3) is 5.91 Å². The van der Waals surface area contributed by atoms with Crippen LogP contribution in [0.1, 0.15) is 29.2 Å². The van der Waals surface area contributed by atoms with Gasteiger partial charge in [0.15, 0.2) is 6.10 Å². The Kier molecular flexibility index (Phi) is 6.99. The van der Waals surface area contributed by atoms with Crippen molar-refractivity contribution in [2.24, 2.45) is 0 Å². The summed E-state index contributed by atoms with van der Waals surface area (Å²) in [5.74, 6) is 0.503. The Morgan fingerprint density at radius 2 is 1.81 bits per heavy atom. The third-order valence-electron chi connectivity index (χ3n) is 5.89. The smallest absolute Gasteiger partial charge is 0.261 e. The second-order valence-corrected chi connectivity index (χ2v) is 8.51. The molecule has 2 unspecified atom stereocenters. The minimum absolute atomic E-state index is 0.106. The van der Waals surface area contributed by atoms with Crippen LogP contribution in [0.3, 0.4) is 0 Å². The van der Waals surface area contributed by atoms with Crippen LogP contribution >= 0.6 is 11.6 Å². The van der Waals surface area contributed by atoms with Gasteiger partial charge in [0.05, 0.1) is 6.61 Å². The van der Waals surface area contributed by atoms with Crippen LogP contribution in [0.2, 0.25) is 5.02 Å². The largest absolute Gasteiger partial charge is 0.481 e. The molecule has 0 bridgehead atoms. The van der Waals surface area contributed by atoms with Crippen LogP contribution in [-0.4, -0.2) is 70.0 Å². The molecule has 6 atom stereocenters. The van der Waals surface area contributed by atoms with E-state index >= 15 is 0 Å². The second-order valence-electron chi connectivity index (χ2n) is 8.11. The van der Waals surface area contributed by atoms with Gasteiger partial charge in [-0.3, -0.25) is 4.79 Å². The summed E-state index contributed by atoms with van der Waals surface area (Å²) in [7, 11) is 0. The zero-order chi connectivity index (χ0) is 22.8. The molecule has 32 heavy (non-hydrogen) atoms. The van der Waals surface area contributed by atoms with Gasteiger partial charge in [-0.1, -0.05) is 35.9 Å². The van der Waals surface area contributed by atoms with Crippen molar-refractivity contribution in [1.82, 2.24) is 5.32 Å². The summed E-state index contributed by atoms with van der Waals surface area (Å²) in [6, 6.07) is 12.5. The highest BCUT2D eigenvalue weighted by Crippen LogP contribution is 2.34. The quantitative estimate of drug-likeness (QED) is 0.427. The molecule has 2 aromatic rings. The van der Waals surface area contributed by atoms with E-state index in [0.717, 1.165) is 11.1 Å². The number of halogens is 1. The van der Waals surface area contributed by atoms with Crippen molar-refractivity contribution >= 4 is 17.5 Å². The SMILES string of the molecule is O=C1NCCC1Oc1ccc(Cc2cc([C@@H]3O[C@H](CO)[C@@H](O)C(O)[C@H]3O)ccc2Cl)cc1. The summed E-state index contributed by atoms with van der Waals surface area (Å²) in [5, 5.41) is 43.2. The lowest BCUT2D eigenvalue weighted by Crippen LogP contribution is -2.55. The number of rotatable bonds is 6. The molecular formula is C23H26ClNO7. The zero-order valence-corrected chi connectivity index (χ0v) is 18.0. The van der Waals surface area contributed by atoms with Gasteiger partial charge in [-0.05, 0) is 41.3 Å². The lowest BCUT2D eigenvalue weighted by Gasteiger charge is -2.40. The van der Waals surface area contributed by atoms with Crippen molar-refractivity contribution in [2.45, 2.75) is 49.5 Å². The fourth-order valence-corrected chi connectivity index (χ4v) is 4.22. The van der Waals surface area contributed by atoms with Crippen LogP contribution in [0.25, 0.3) is 0 Å². The molecular weight excluding hydrogens is 438 g/mol. The average Bonchev–Trinajstić information content (AvgIpc) is 3.19. The summed E-state index contributed by atoms with van der Waals surface area (Å²) in [6.45, 7) is 0.129. The van der Waals surface area contributed by atoms with Crippen molar-refractivity contribution in [3.63, 3.8) is 0 Å². The molecule has 8 nitrogen and oxygen atoms in total. The Labute approximate surface area is 190 Å². The van der Waals surface area contributed by atoms with E-state index in [0.29, 0.717) is 35.7 Å². The number of carbonyl (C=O) groups excluding carboxylic acids is 1. The van der Waals surface area contributed by atoms with Crippen LogP contribution in [0, 0.1) is 0 Å². The van der Waals surface area contributed by atoms with E-state index < -0.39 is 43.2 Å². The molecule has 0 aliphatic carbocycles. The maximum absolute atomic E-state index is 11.7. The molecule has 9 heteroatoms. The summed E-state index contributed by atoms with van der Waals surface area (Å²) in [6.07, 6.45) is -5.44. The van der Waals surface area contributed by atoms with Gasteiger partial charge < -0.3 is 35.2 Å². The Hall–Kier alpha value is -2.20. The van der Waals surface area contributed by atoms with E-state index in [2.05, 4.69) is 5.32 Å². The Bertz CT molecular complexity index is 952. The highest BCUT2D eigenvalue weighted by molar-refractivity contribution is 6.31. The van der Waals surface area contributed by atoms with E-state index in [4.69, 9.17) is 21.1 Å². The highest BCUT2D eigenvalue weighted by atomic mass is 35.5. The molecule has 5 N–H and O–H groups in total. The molecule has 2 aromatic carbocycles. The molecule has 0 saturated carbocycles. The van der Waals surface area contributed by atoms with Gasteiger partial charge in [-0.25, -0.2) is 0 Å². The normalized spacial score (nSPS) is 30.2. The van der Waals surface area contributed by atoms with E-state index in [1.165, 1.54) is 0 Å². The van der Waals surface area contributed by atoms with Gasteiger partial charge in [0.2, 0.25) is 0 Å². The Morgan fingerprint density at radius 1 is 1.06 bits per heavy atom. The van der Waals surface area contributed by atoms with Gasteiger partial charge in [-0.15, -0.1) is 0 Å². The first kappa shape index (κ1) is 23.0. The highest BCUT2D eigenvalue weighted by Gasteiger charge is 2.44. The third kappa shape index (κ3) is 4.76. The predicted molar refractivity (Wildman–Crippen MR) is 115 cm³/mol. The fourth-order valence-electron chi connectivity index (χ4n) is 4.04. The maximum Gasteiger partial charge on any atom is 0.261 e. The molecule has 1 amide bonds. The second kappa shape index (κ2) is 9.74. The Morgan fingerprint density at radius 3 is 2.47 bits per heavy atom. The van der Waals surface area contributed by atoms with Gasteiger partial charge in [0, 0.05) is 18.0 Å². The number of nitrogens with one attached hydrogen (secondary N) is 1. The van der Waals surface area contributed by atoms with Crippen LogP contribution in [0.5, 0.6) is 5.75 Å². The van der Waals surface area contributed by atoms with Crippen molar-refractivity contribution in [3.05, 3.63) is 64.2 Å². The number of amides is 1. The number of carbonyl (C=O) groups is 1. The van der Waals surface area contributed by atoms with Gasteiger partial charge >= 0.3 is 0 Å². The number of aliphatic hydroxyl groups is 4. The predicted octanol–water partition coefficient (Wildman–Crippen LogP) is 0.713. The number of ether oxygens (including phenoxy) is 2. The van der Waals surface area contributed by atoms with Crippen molar-refractivity contribution in [2.75, 3.05) is 13.2 Å². The molecule has 0 spiro atoms. The zero-order valence-electron chi connectivity index (χ0n) is 17.2. The monoisotopic (exact) mass is 463 g/mol. The summed E-state index contributed by atoms with van der Waals surface area (Å²) < 4.78 is 11.4. The first-order valence-electron chi connectivity index (χ1n) is 10.5. The lowest BCUT2D eigenvalue weighted by molar-refractivity contribution is -0.231. The Balaban J connectivity index is 1.49. The summed E-state index contributed by atoms with van der Waals surface area (Å²) in [5.41, 5.74) is 2.32. The minimum Gasteiger partial charge on any atom is -0.481 e. The fraction of sp³-hybridized carbons (Fsp3) is 0.435. The summed E-state index contributed by atoms with van der Waals surface area (Å²) in [4.78, 5) is 11.7. The molecule has 2 heterocycles. The van der Waals surface area contributed by atoms with E-state index in [-0.39, 0.29) is 5.91 Å². The molecule has 4 rings (SSSR count). The van der Waals surface area contributed by atoms with Gasteiger partial charge in [0.1, 0.15) is 36.3 Å². The van der Waals surface area contributed by atoms with Crippen LogP contribution in [0.4, 0.5) is 0 Å². The maximum atomic E-state index is 11.7. The van der Waals surface area contributed by atoms with Gasteiger partial charge in [-0.2, -0.15) is 0 Å². The van der Waals surface area contributed by atoms with E-state index in [1.807, 2.05) is 12.1 Å². The van der Waals surface area contributed by atoms with Crippen LogP contribution in [-0.2, 0) is 16.0 Å². The number of hydrogen-bond acceptors (Lipinski definition) is 7. The first-order valence-corrected chi connectivity index (χ1v) is 10.9. The summed E-state index contributed by atoms with van der Waals surface area (Å²) >= 11 is 6.39. The molecule has 172 valence electrons. The van der Waals surface area contributed by atoms with Crippen LogP contribution < -0.4 is 10.1 Å². The number of hydrogen-bond donors (Lipinski definition) is 5. The van der Waals surface area contributed by atoms with Crippen molar-refractivity contribution in [3.8, 4) is 5.75 Å². The first-order chi connectivity index (χ1) is 15.4. The van der Waals surface area contributed by atoms with E-state index in [9.17, 15) is 25.2 Å². The average molecular weight is 464 g/mol. The minimum atomic E-state index is -1.44. The molecule has 0 radical (unpaired) electrons. The van der Waals surface area contributed by atoms with Crippen molar-refractivity contribution in [1.29, 1.82) is 0 Å². The van der Waals surface area contributed by atoms with E-state index in [1.54, 1.807) is 30.3 Å². The number of aliphatic hydroxyl groups excluding tert-OH is 4. The molecule has 2 fully saturated rings. The topological polar surface area (TPSA) is 128 Å².